The number of anilines is 1. The molecule has 1 aliphatic heterocycles. The largest absolute Gasteiger partial charge is 0.497 e. The Bertz CT molecular complexity index is 791. The highest BCUT2D eigenvalue weighted by Crippen LogP contribution is 2.38. The van der Waals surface area contributed by atoms with Gasteiger partial charge in [0.05, 0.1) is 27.4 Å². The van der Waals surface area contributed by atoms with Crippen molar-refractivity contribution < 1.29 is 19.3 Å². The lowest BCUT2D eigenvalue weighted by molar-refractivity contribution is 0.122. The Morgan fingerprint density at radius 1 is 1.08 bits per heavy atom. The van der Waals surface area contributed by atoms with Gasteiger partial charge in [-0.2, -0.15) is 0 Å². The Hall–Kier alpha value is -2.68. The van der Waals surface area contributed by atoms with Gasteiger partial charge in [-0.3, -0.25) is 0 Å². The number of nitrogens with zero attached hydrogens (tertiary/aromatic N) is 1. The summed E-state index contributed by atoms with van der Waals surface area (Å²) in [5, 5.41) is 11.2. The van der Waals surface area contributed by atoms with Crippen LogP contribution in [0.25, 0.3) is 0 Å². The van der Waals surface area contributed by atoms with Crippen LogP contribution >= 0.6 is 0 Å². The van der Waals surface area contributed by atoms with E-state index >= 15 is 0 Å². The van der Waals surface area contributed by atoms with Gasteiger partial charge < -0.3 is 24.2 Å². The molecule has 0 bridgehead atoms. The molecule has 3 rings (SSSR count). The Morgan fingerprint density at radius 2 is 1.77 bits per heavy atom. The molecule has 1 N–H and O–H groups in total. The Labute approximate surface area is 154 Å². The highest BCUT2D eigenvalue weighted by Gasteiger charge is 2.33. The minimum atomic E-state index is -1.60. The predicted octanol–water partition coefficient (Wildman–Crippen LogP) is 2.41. The van der Waals surface area contributed by atoms with Crippen LogP contribution in [0.3, 0.4) is 0 Å². The van der Waals surface area contributed by atoms with Gasteiger partial charge in [0, 0.05) is 36.0 Å². The minimum absolute atomic E-state index is 0.474. The van der Waals surface area contributed by atoms with Crippen LogP contribution in [-0.2, 0) is 10.3 Å². The normalized spacial score (nSPS) is 16.5. The fourth-order valence-electron chi connectivity index (χ4n) is 3.15. The molecule has 1 saturated heterocycles. The van der Waals surface area contributed by atoms with Crippen molar-refractivity contribution in [1.82, 2.24) is 0 Å². The lowest BCUT2D eigenvalue weighted by Crippen LogP contribution is -2.36. The summed E-state index contributed by atoms with van der Waals surface area (Å²) in [6, 6.07) is 12.8. The van der Waals surface area contributed by atoms with Crippen molar-refractivity contribution in [3.63, 3.8) is 0 Å². The Kier molecular flexibility index (Phi) is 5.36. The number of hydrogen-bond donors (Lipinski definition) is 1. The van der Waals surface area contributed by atoms with Gasteiger partial charge in [0.25, 0.3) is 0 Å². The van der Waals surface area contributed by atoms with Crippen LogP contribution in [0.1, 0.15) is 11.1 Å². The molecule has 1 fully saturated rings. The Balaban J connectivity index is 1.96. The monoisotopic (exact) mass is 353 g/mol. The van der Waals surface area contributed by atoms with Crippen molar-refractivity contribution in [3.05, 3.63) is 53.6 Å². The first kappa shape index (κ1) is 18.1. The van der Waals surface area contributed by atoms with E-state index in [0.717, 1.165) is 32.0 Å². The molecule has 1 aliphatic rings. The SMILES string of the molecule is C#C[C@](O)(c1ccc(N2CCOCC2)cc1)c1ccc(OC)cc1OC. The summed E-state index contributed by atoms with van der Waals surface area (Å²) >= 11 is 0. The standard InChI is InChI=1S/C21H23NO4/c1-4-21(23,19-10-9-18(24-2)15-20(19)25-3)16-5-7-17(8-6-16)22-11-13-26-14-12-22/h1,5-10,15,23H,11-14H2,2-3H3/t21-/m0/s1. The zero-order valence-corrected chi connectivity index (χ0v) is 15.1. The van der Waals surface area contributed by atoms with E-state index in [1.54, 1.807) is 25.3 Å². The maximum atomic E-state index is 11.2. The second kappa shape index (κ2) is 7.69. The molecule has 0 amide bonds. The molecule has 1 heterocycles. The topological polar surface area (TPSA) is 51.2 Å². The average molecular weight is 353 g/mol. The van der Waals surface area contributed by atoms with E-state index in [4.69, 9.17) is 20.6 Å². The number of aliphatic hydroxyl groups is 1. The fraction of sp³-hybridized carbons (Fsp3) is 0.333. The van der Waals surface area contributed by atoms with Gasteiger partial charge in [-0.1, -0.05) is 18.1 Å². The number of terminal acetylenes is 1. The highest BCUT2D eigenvalue weighted by molar-refractivity contribution is 5.56. The van der Waals surface area contributed by atoms with Crippen molar-refractivity contribution in [2.45, 2.75) is 5.60 Å². The van der Waals surface area contributed by atoms with Crippen LogP contribution in [0.5, 0.6) is 11.5 Å². The zero-order valence-electron chi connectivity index (χ0n) is 15.1. The number of hydrogen-bond acceptors (Lipinski definition) is 5. The first-order chi connectivity index (χ1) is 12.6. The molecule has 0 radical (unpaired) electrons. The third-order valence-electron chi connectivity index (χ3n) is 4.67. The lowest BCUT2D eigenvalue weighted by Gasteiger charge is -2.30. The molecule has 2 aromatic carbocycles. The average Bonchev–Trinajstić information content (AvgIpc) is 2.73. The molecule has 26 heavy (non-hydrogen) atoms. The molecule has 2 aromatic rings. The van der Waals surface area contributed by atoms with Gasteiger partial charge in [-0.05, 0) is 24.3 Å². The van der Waals surface area contributed by atoms with Gasteiger partial charge in [0.15, 0.2) is 5.60 Å². The van der Waals surface area contributed by atoms with Crippen molar-refractivity contribution in [1.29, 1.82) is 0 Å². The molecular formula is C21H23NO4. The zero-order chi connectivity index (χ0) is 18.6. The fourth-order valence-corrected chi connectivity index (χ4v) is 3.15. The van der Waals surface area contributed by atoms with Crippen LogP contribution in [0.15, 0.2) is 42.5 Å². The summed E-state index contributed by atoms with van der Waals surface area (Å²) in [6.45, 7) is 3.15. The van der Waals surface area contributed by atoms with E-state index in [1.807, 2.05) is 24.3 Å². The summed E-state index contributed by atoms with van der Waals surface area (Å²) in [4.78, 5) is 2.25. The maximum Gasteiger partial charge on any atom is 0.180 e. The maximum absolute atomic E-state index is 11.2. The second-order valence-electron chi connectivity index (χ2n) is 6.07. The molecule has 136 valence electrons. The third-order valence-corrected chi connectivity index (χ3v) is 4.67. The number of benzene rings is 2. The second-order valence-corrected chi connectivity index (χ2v) is 6.07. The van der Waals surface area contributed by atoms with E-state index in [-0.39, 0.29) is 0 Å². The van der Waals surface area contributed by atoms with E-state index in [1.165, 1.54) is 7.11 Å². The smallest absolute Gasteiger partial charge is 0.180 e. The molecule has 0 spiro atoms. The number of methoxy groups -OCH3 is 2. The van der Waals surface area contributed by atoms with Crippen LogP contribution < -0.4 is 14.4 Å². The molecule has 0 aliphatic carbocycles. The highest BCUT2D eigenvalue weighted by atomic mass is 16.5. The summed E-state index contributed by atoms with van der Waals surface area (Å²) in [5.41, 5.74) is 0.599. The first-order valence-electron chi connectivity index (χ1n) is 8.48. The van der Waals surface area contributed by atoms with Crippen molar-refractivity contribution in [2.75, 3.05) is 45.4 Å². The number of morpholine rings is 1. The first-order valence-corrected chi connectivity index (χ1v) is 8.48. The molecular weight excluding hydrogens is 330 g/mol. The minimum Gasteiger partial charge on any atom is -0.497 e. The molecule has 0 saturated carbocycles. The predicted molar refractivity (Wildman–Crippen MR) is 101 cm³/mol. The molecule has 5 heteroatoms. The van der Waals surface area contributed by atoms with Gasteiger partial charge in [-0.15, -0.1) is 6.42 Å². The summed E-state index contributed by atoms with van der Waals surface area (Å²) in [5.74, 6) is 3.63. The van der Waals surface area contributed by atoms with E-state index in [0.29, 0.717) is 22.6 Å². The summed E-state index contributed by atoms with van der Waals surface area (Å²) < 4.78 is 16.0. The van der Waals surface area contributed by atoms with Gasteiger partial charge in [0.2, 0.25) is 0 Å². The van der Waals surface area contributed by atoms with Crippen molar-refractivity contribution >= 4 is 5.69 Å². The van der Waals surface area contributed by atoms with E-state index in [9.17, 15) is 5.11 Å². The van der Waals surface area contributed by atoms with E-state index in [2.05, 4.69) is 10.8 Å². The van der Waals surface area contributed by atoms with Gasteiger partial charge in [-0.25, -0.2) is 0 Å². The van der Waals surface area contributed by atoms with Crippen LogP contribution in [0.2, 0.25) is 0 Å². The van der Waals surface area contributed by atoms with Gasteiger partial charge in [0.1, 0.15) is 11.5 Å². The van der Waals surface area contributed by atoms with Gasteiger partial charge >= 0.3 is 0 Å². The summed E-state index contributed by atoms with van der Waals surface area (Å²) in [6.07, 6.45) is 5.73. The summed E-state index contributed by atoms with van der Waals surface area (Å²) in [7, 11) is 3.11. The van der Waals surface area contributed by atoms with Crippen LogP contribution in [-0.4, -0.2) is 45.6 Å². The molecule has 0 unspecified atom stereocenters. The number of rotatable bonds is 5. The third kappa shape index (κ3) is 3.34. The molecule has 5 nitrogen and oxygen atoms in total. The molecule has 0 aromatic heterocycles. The number of ether oxygens (including phenoxy) is 3. The quantitative estimate of drug-likeness (QED) is 0.837. The molecule has 1 atom stereocenters. The van der Waals surface area contributed by atoms with Crippen LogP contribution in [0.4, 0.5) is 5.69 Å². The Morgan fingerprint density at radius 3 is 2.35 bits per heavy atom. The lowest BCUT2D eigenvalue weighted by atomic mass is 9.86. The van der Waals surface area contributed by atoms with Crippen molar-refractivity contribution in [3.8, 4) is 23.8 Å². The van der Waals surface area contributed by atoms with Crippen molar-refractivity contribution in [2.24, 2.45) is 0 Å². The van der Waals surface area contributed by atoms with Crippen LogP contribution in [0, 0.1) is 12.3 Å². The van der Waals surface area contributed by atoms with E-state index < -0.39 is 5.60 Å².